The largest absolute Gasteiger partial charge is 0.506 e. The number of aromatic hydroxyl groups is 2. The van der Waals surface area contributed by atoms with E-state index in [1.807, 2.05) is 0 Å². The van der Waals surface area contributed by atoms with Gasteiger partial charge in [-0.25, -0.2) is 0 Å². The number of phenolic OH excluding ortho intramolecular Hbond substituents is 2. The van der Waals surface area contributed by atoms with E-state index in [0.717, 1.165) is 0 Å². The number of Topliss-reactive ketones (excluding diaryl/α,β-unsaturated/α-hetero) is 1. The molecule has 3 aromatic carbocycles. The number of benzene rings is 3. The summed E-state index contributed by atoms with van der Waals surface area (Å²) in [6, 6.07) is 8.70. The van der Waals surface area contributed by atoms with E-state index in [-0.39, 0.29) is 28.9 Å². The van der Waals surface area contributed by atoms with Crippen molar-refractivity contribution in [2.75, 3.05) is 7.11 Å². The summed E-state index contributed by atoms with van der Waals surface area (Å²) in [5.41, 5.74) is -0.330. The first-order chi connectivity index (χ1) is 13.5. The maximum Gasteiger partial charge on any atom is 0.310 e. The summed E-state index contributed by atoms with van der Waals surface area (Å²) in [5.74, 6) is -1.02. The van der Waals surface area contributed by atoms with Gasteiger partial charge in [-0.3, -0.25) is 9.59 Å². The van der Waals surface area contributed by atoms with Crippen molar-refractivity contribution >= 4 is 33.3 Å². The van der Waals surface area contributed by atoms with Crippen LogP contribution >= 0.6 is 0 Å². The predicted molar refractivity (Wildman–Crippen MR) is 111 cm³/mol. The zero-order chi connectivity index (χ0) is 21.5. The summed E-state index contributed by atoms with van der Waals surface area (Å²) in [6.45, 7) is 6.57. The summed E-state index contributed by atoms with van der Waals surface area (Å²) in [7, 11) is 1.49. The van der Waals surface area contributed by atoms with E-state index in [4.69, 9.17) is 9.47 Å². The van der Waals surface area contributed by atoms with Crippen LogP contribution in [0.1, 0.15) is 43.6 Å². The zero-order valence-corrected chi connectivity index (χ0v) is 17.1. The van der Waals surface area contributed by atoms with E-state index in [9.17, 15) is 19.8 Å². The number of carbonyl (C=O) groups is 2. The van der Waals surface area contributed by atoms with Crippen molar-refractivity contribution in [3.63, 3.8) is 0 Å². The summed E-state index contributed by atoms with van der Waals surface area (Å²) < 4.78 is 10.7. The Morgan fingerprint density at radius 2 is 1.69 bits per heavy atom. The van der Waals surface area contributed by atoms with Crippen LogP contribution in [0, 0.1) is 0 Å². The van der Waals surface area contributed by atoms with E-state index in [0.29, 0.717) is 27.5 Å². The number of methoxy groups -OCH3 is 1. The topological polar surface area (TPSA) is 93.1 Å². The maximum absolute atomic E-state index is 12.3. The van der Waals surface area contributed by atoms with Crippen molar-refractivity contribution in [2.45, 2.75) is 39.7 Å². The maximum atomic E-state index is 12.3. The number of fused-ring (bicyclic) bond motifs is 2. The lowest BCUT2D eigenvalue weighted by atomic mass is 9.92. The van der Waals surface area contributed by atoms with Gasteiger partial charge < -0.3 is 19.7 Å². The molecule has 6 heteroatoms. The van der Waals surface area contributed by atoms with Gasteiger partial charge in [-0.05, 0) is 62.2 Å². The minimum atomic E-state index is -0.669. The average molecular weight is 396 g/mol. The minimum absolute atomic E-state index is 0.00657. The van der Waals surface area contributed by atoms with Crippen LogP contribution in [-0.2, 0) is 16.0 Å². The molecule has 152 valence electrons. The molecule has 0 aliphatic rings. The van der Waals surface area contributed by atoms with Crippen LogP contribution < -0.4 is 4.74 Å². The lowest BCUT2D eigenvalue weighted by Gasteiger charge is -2.20. The number of ketones is 1. The summed E-state index contributed by atoms with van der Waals surface area (Å²) in [6.07, 6.45) is -0.174. The monoisotopic (exact) mass is 396 g/mol. The molecule has 2 N–H and O–H groups in total. The fourth-order valence-electron chi connectivity index (χ4n) is 3.56. The Hall–Kier alpha value is -3.28. The fraction of sp³-hybridized carbons (Fsp3) is 0.304. The number of rotatable bonds is 4. The molecule has 0 amide bonds. The molecule has 0 aromatic heterocycles. The highest BCUT2D eigenvalue weighted by molar-refractivity contribution is 6.14. The number of hydrogen-bond donors (Lipinski definition) is 2. The molecule has 0 unspecified atom stereocenters. The summed E-state index contributed by atoms with van der Waals surface area (Å²) >= 11 is 0. The van der Waals surface area contributed by atoms with Gasteiger partial charge in [-0.2, -0.15) is 0 Å². The van der Waals surface area contributed by atoms with Gasteiger partial charge in [-0.1, -0.05) is 12.1 Å². The van der Waals surface area contributed by atoms with Crippen LogP contribution in [-0.4, -0.2) is 34.7 Å². The number of carbonyl (C=O) groups excluding carboxylic acids is 2. The van der Waals surface area contributed by atoms with Crippen LogP contribution in [0.25, 0.3) is 21.5 Å². The molecule has 0 heterocycles. The van der Waals surface area contributed by atoms with Crippen molar-refractivity contribution in [2.24, 2.45) is 0 Å². The Balaban J connectivity index is 2.29. The van der Waals surface area contributed by atoms with E-state index >= 15 is 0 Å². The Morgan fingerprint density at radius 3 is 2.28 bits per heavy atom. The summed E-state index contributed by atoms with van der Waals surface area (Å²) in [4.78, 5) is 24.6. The Labute approximate surface area is 168 Å². The van der Waals surface area contributed by atoms with Crippen molar-refractivity contribution in [3.8, 4) is 17.2 Å². The highest BCUT2D eigenvalue weighted by Crippen LogP contribution is 2.45. The molecule has 0 spiro atoms. The molecule has 0 saturated carbocycles. The highest BCUT2D eigenvalue weighted by atomic mass is 16.6. The Morgan fingerprint density at radius 1 is 1.00 bits per heavy atom. The summed E-state index contributed by atoms with van der Waals surface area (Å²) in [5, 5.41) is 23.5. The molecule has 6 nitrogen and oxygen atoms in total. The quantitative estimate of drug-likeness (QED) is 0.383. The molecule has 0 saturated heterocycles. The molecule has 3 aromatic rings. The van der Waals surface area contributed by atoms with Gasteiger partial charge >= 0.3 is 5.97 Å². The van der Waals surface area contributed by atoms with E-state index in [2.05, 4.69) is 0 Å². The number of hydrogen-bond acceptors (Lipinski definition) is 6. The third kappa shape index (κ3) is 3.83. The fourth-order valence-corrected chi connectivity index (χ4v) is 3.56. The van der Waals surface area contributed by atoms with Gasteiger partial charge in [-0.15, -0.1) is 0 Å². The molecule has 0 fully saturated rings. The molecule has 0 aliphatic carbocycles. The number of phenols is 2. The van der Waals surface area contributed by atoms with Crippen LogP contribution in [0.3, 0.4) is 0 Å². The average Bonchev–Trinajstić information content (AvgIpc) is 2.58. The SMILES string of the molecule is COc1cccc2cc3cc(CC(=O)OC(C)(C)C)c(C(C)=O)c(O)c3c(O)c12. The third-order valence-corrected chi connectivity index (χ3v) is 4.58. The van der Waals surface area contributed by atoms with Gasteiger partial charge in [0, 0.05) is 0 Å². The standard InChI is InChI=1S/C23H24O6/c1-12(24)18-15(11-17(25)29-23(2,3)4)10-14-9-13-7-6-8-16(28-5)19(13)22(27)20(14)21(18)26/h6-10,26-27H,11H2,1-5H3. The molecule has 0 bridgehead atoms. The van der Waals surface area contributed by atoms with Crippen LogP contribution in [0.5, 0.6) is 17.2 Å². The van der Waals surface area contributed by atoms with Gasteiger partial charge in [0.05, 0.1) is 29.9 Å². The van der Waals surface area contributed by atoms with Crippen molar-refractivity contribution in [3.05, 3.63) is 41.5 Å². The van der Waals surface area contributed by atoms with Crippen molar-refractivity contribution in [1.82, 2.24) is 0 Å². The van der Waals surface area contributed by atoms with Crippen LogP contribution in [0.4, 0.5) is 0 Å². The van der Waals surface area contributed by atoms with Gasteiger partial charge in [0.2, 0.25) is 0 Å². The molecule has 0 aliphatic heterocycles. The minimum Gasteiger partial charge on any atom is -0.506 e. The first kappa shape index (κ1) is 20.5. The molecular formula is C23H24O6. The third-order valence-electron chi connectivity index (χ3n) is 4.58. The van der Waals surface area contributed by atoms with Gasteiger partial charge in [0.1, 0.15) is 22.8 Å². The van der Waals surface area contributed by atoms with Crippen LogP contribution in [0.2, 0.25) is 0 Å². The van der Waals surface area contributed by atoms with E-state index in [1.165, 1.54) is 14.0 Å². The molecule has 3 rings (SSSR count). The second kappa shape index (κ2) is 7.28. The van der Waals surface area contributed by atoms with Crippen LogP contribution in [0.15, 0.2) is 30.3 Å². The molecule has 0 radical (unpaired) electrons. The second-order valence-electron chi connectivity index (χ2n) is 7.96. The normalized spacial score (nSPS) is 11.6. The van der Waals surface area contributed by atoms with Gasteiger partial charge in [0.15, 0.2) is 5.78 Å². The lowest BCUT2D eigenvalue weighted by molar-refractivity contribution is -0.153. The molecule has 0 atom stereocenters. The Kier molecular flexibility index (Phi) is 5.13. The predicted octanol–water partition coefficient (Wildman–Crippen LogP) is 4.50. The number of esters is 1. The first-order valence-corrected chi connectivity index (χ1v) is 9.23. The molecular weight excluding hydrogens is 372 g/mol. The molecule has 29 heavy (non-hydrogen) atoms. The second-order valence-corrected chi connectivity index (χ2v) is 7.96. The van der Waals surface area contributed by atoms with E-state index < -0.39 is 17.4 Å². The zero-order valence-electron chi connectivity index (χ0n) is 17.1. The smallest absolute Gasteiger partial charge is 0.310 e. The first-order valence-electron chi connectivity index (χ1n) is 9.23. The lowest BCUT2D eigenvalue weighted by Crippen LogP contribution is -2.25. The van der Waals surface area contributed by atoms with Crippen molar-refractivity contribution in [1.29, 1.82) is 0 Å². The highest BCUT2D eigenvalue weighted by Gasteiger charge is 2.24. The van der Waals surface area contributed by atoms with Crippen molar-refractivity contribution < 1.29 is 29.3 Å². The van der Waals surface area contributed by atoms with Gasteiger partial charge in [0.25, 0.3) is 0 Å². The van der Waals surface area contributed by atoms with E-state index in [1.54, 1.807) is 51.1 Å². The number of ether oxygens (including phenoxy) is 2. The Bertz CT molecular complexity index is 1140.